The predicted octanol–water partition coefficient (Wildman–Crippen LogP) is -1.05. The third kappa shape index (κ3) is 8.76. The van der Waals surface area contributed by atoms with Crippen molar-refractivity contribution >= 4 is 0 Å². The van der Waals surface area contributed by atoms with Crippen molar-refractivity contribution in [3.05, 3.63) is 0 Å². The van der Waals surface area contributed by atoms with E-state index in [1.807, 2.05) is 0 Å². The number of hydrogen-bond acceptors (Lipinski definition) is 12. The van der Waals surface area contributed by atoms with Gasteiger partial charge in [0.25, 0.3) is 0 Å². The molecule has 0 radical (unpaired) electrons. The molecule has 2 aliphatic rings. The molecule has 0 spiro atoms. The maximum Gasteiger partial charge on any atom is 0.186 e. The Labute approximate surface area is 225 Å². The van der Waals surface area contributed by atoms with Gasteiger partial charge in [-0.05, 0) is 6.42 Å². The number of unbranched alkanes of at least 4 members (excludes halogenated alkanes) is 9. The molecule has 2 heterocycles. The lowest BCUT2D eigenvalue weighted by Gasteiger charge is -2.54. The molecule has 0 unspecified atom stereocenters. The zero-order valence-corrected chi connectivity index (χ0v) is 22.5. The largest absolute Gasteiger partial charge is 0.394 e. The molecule has 0 aromatic heterocycles. The SMILES string of the molecule is CCCCCCCCCCCCOCCO[C@H]1O[C@H](CO)[C@](O)([C@@H]2O[C@H](CO)[C@@H](O)[C@H](O)[C@H]2O)[C@H](O)[C@H]1O. The standard InChI is InChI=1S/C26H50O12/c1-2-3-4-5-6-7-8-9-10-11-12-35-13-14-36-25-22(32)23(33)26(34,18(16-28)38-25)24-21(31)20(30)19(29)17(15-27)37-24/h17-25,27-34H,2-16H2,1H3/t17-,18-,19-,20+,21-,22-,23-,24-,25+,26-/m1/s1. The Morgan fingerprint density at radius 2 is 1.26 bits per heavy atom. The zero-order valence-electron chi connectivity index (χ0n) is 22.5. The predicted molar refractivity (Wildman–Crippen MR) is 135 cm³/mol. The lowest BCUT2D eigenvalue weighted by molar-refractivity contribution is -0.373. The fourth-order valence-electron chi connectivity index (χ4n) is 5.14. The Morgan fingerprint density at radius 3 is 1.84 bits per heavy atom. The van der Waals surface area contributed by atoms with Crippen molar-refractivity contribution < 1.29 is 59.8 Å². The van der Waals surface area contributed by atoms with Crippen molar-refractivity contribution in [1.82, 2.24) is 0 Å². The van der Waals surface area contributed by atoms with Crippen LogP contribution in [0.5, 0.6) is 0 Å². The zero-order chi connectivity index (χ0) is 28.1. The molecule has 2 rings (SSSR count). The first-order chi connectivity index (χ1) is 18.2. The lowest BCUT2D eigenvalue weighted by atomic mass is 9.75. The van der Waals surface area contributed by atoms with Gasteiger partial charge in [0.2, 0.25) is 0 Å². The first-order valence-electron chi connectivity index (χ1n) is 14.1. The van der Waals surface area contributed by atoms with Gasteiger partial charge < -0.3 is 59.8 Å². The Balaban J connectivity index is 1.73. The molecule has 0 saturated carbocycles. The van der Waals surface area contributed by atoms with Crippen molar-refractivity contribution in [2.75, 3.05) is 33.0 Å². The van der Waals surface area contributed by atoms with Gasteiger partial charge in [0, 0.05) is 6.61 Å². The lowest BCUT2D eigenvalue weighted by Crippen LogP contribution is -2.77. The minimum absolute atomic E-state index is 0.0167. The van der Waals surface area contributed by atoms with E-state index in [1.165, 1.54) is 51.4 Å². The van der Waals surface area contributed by atoms with E-state index in [1.54, 1.807) is 0 Å². The molecular weight excluding hydrogens is 504 g/mol. The number of hydrogen-bond donors (Lipinski definition) is 8. The molecule has 12 heteroatoms. The summed E-state index contributed by atoms with van der Waals surface area (Å²) in [7, 11) is 0. The number of aliphatic hydroxyl groups is 8. The molecule has 0 bridgehead atoms. The molecule has 0 aliphatic carbocycles. The van der Waals surface area contributed by atoms with Crippen LogP contribution in [-0.4, -0.2) is 135 Å². The molecule has 2 saturated heterocycles. The molecule has 0 amide bonds. The molecule has 10 atom stereocenters. The summed E-state index contributed by atoms with van der Waals surface area (Å²) in [5.74, 6) is 0. The van der Waals surface area contributed by atoms with Gasteiger partial charge in [0.15, 0.2) is 11.9 Å². The second-order valence-electron chi connectivity index (χ2n) is 10.4. The van der Waals surface area contributed by atoms with Crippen LogP contribution in [0.1, 0.15) is 71.1 Å². The molecule has 38 heavy (non-hydrogen) atoms. The van der Waals surface area contributed by atoms with Gasteiger partial charge in [0.1, 0.15) is 48.8 Å². The summed E-state index contributed by atoms with van der Waals surface area (Å²) in [4.78, 5) is 0. The van der Waals surface area contributed by atoms with Crippen molar-refractivity contribution in [2.45, 2.75) is 132 Å². The average Bonchev–Trinajstić information content (AvgIpc) is 2.92. The van der Waals surface area contributed by atoms with E-state index in [0.717, 1.165) is 12.8 Å². The Kier molecular flexibility index (Phi) is 15.4. The molecule has 2 fully saturated rings. The van der Waals surface area contributed by atoms with Crippen molar-refractivity contribution in [3.8, 4) is 0 Å². The Bertz CT molecular complexity index is 621. The summed E-state index contributed by atoms with van der Waals surface area (Å²) in [6.07, 6.45) is -3.27. The van der Waals surface area contributed by atoms with Crippen LogP contribution in [0.3, 0.4) is 0 Å². The molecule has 0 aromatic carbocycles. The van der Waals surface area contributed by atoms with E-state index >= 15 is 0 Å². The Morgan fingerprint density at radius 1 is 0.658 bits per heavy atom. The van der Waals surface area contributed by atoms with Gasteiger partial charge in [-0.2, -0.15) is 0 Å². The van der Waals surface area contributed by atoms with Gasteiger partial charge in [-0.3, -0.25) is 0 Å². The average molecular weight is 555 g/mol. The van der Waals surface area contributed by atoms with Gasteiger partial charge in [0.05, 0.1) is 26.4 Å². The van der Waals surface area contributed by atoms with Crippen LogP contribution in [0, 0.1) is 0 Å². The molecule has 226 valence electrons. The summed E-state index contributed by atoms with van der Waals surface area (Å²) < 4.78 is 21.9. The molecule has 0 aromatic rings. The van der Waals surface area contributed by atoms with E-state index < -0.39 is 73.9 Å². The third-order valence-corrected chi connectivity index (χ3v) is 7.56. The van der Waals surface area contributed by atoms with Gasteiger partial charge in [-0.1, -0.05) is 64.7 Å². The molecule has 8 N–H and O–H groups in total. The molecule has 12 nitrogen and oxygen atoms in total. The fraction of sp³-hybridized carbons (Fsp3) is 1.00. The first-order valence-corrected chi connectivity index (χ1v) is 14.1. The van der Waals surface area contributed by atoms with E-state index in [9.17, 15) is 40.9 Å². The van der Waals surface area contributed by atoms with Gasteiger partial charge in [-0.25, -0.2) is 0 Å². The van der Waals surface area contributed by atoms with Gasteiger partial charge in [-0.15, -0.1) is 0 Å². The second-order valence-corrected chi connectivity index (χ2v) is 10.4. The summed E-state index contributed by atoms with van der Waals surface area (Å²) in [5.41, 5.74) is -2.60. The summed E-state index contributed by atoms with van der Waals surface area (Å²) in [5, 5.41) is 82.3. The van der Waals surface area contributed by atoms with E-state index in [0.29, 0.717) is 6.61 Å². The number of rotatable bonds is 18. The van der Waals surface area contributed by atoms with E-state index in [2.05, 4.69) is 6.92 Å². The summed E-state index contributed by atoms with van der Waals surface area (Å²) >= 11 is 0. The highest BCUT2D eigenvalue weighted by molar-refractivity contribution is 5.11. The number of ether oxygens (including phenoxy) is 4. The maximum absolute atomic E-state index is 11.3. The third-order valence-electron chi connectivity index (χ3n) is 7.56. The van der Waals surface area contributed by atoms with E-state index in [4.69, 9.17) is 18.9 Å². The van der Waals surface area contributed by atoms with Crippen LogP contribution in [0.4, 0.5) is 0 Å². The van der Waals surface area contributed by atoms with Gasteiger partial charge >= 0.3 is 0 Å². The van der Waals surface area contributed by atoms with Crippen LogP contribution in [0.15, 0.2) is 0 Å². The smallest absolute Gasteiger partial charge is 0.186 e. The highest BCUT2D eigenvalue weighted by atomic mass is 16.7. The quantitative estimate of drug-likeness (QED) is 0.0958. The molecule has 2 aliphatic heterocycles. The minimum atomic E-state index is -2.60. The highest BCUT2D eigenvalue weighted by Gasteiger charge is 2.64. The fourth-order valence-corrected chi connectivity index (χ4v) is 5.14. The van der Waals surface area contributed by atoms with Crippen molar-refractivity contribution in [1.29, 1.82) is 0 Å². The van der Waals surface area contributed by atoms with Crippen LogP contribution in [0.2, 0.25) is 0 Å². The van der Waals surface area contributed by atoms with Crippen LogP contribution in [0.25, 0.3) is 0 Å². The van der Waals surface area contributed by atoms with Crippen LogP contribution < -0.4 is 0 Å². The van der Waals surface area contributed by atoms with E-state index in [-0.39, 0.29) is 13.2 Å². The van der Waals surface area contributed by atoms with Crippen LogP contribution in [-0.2, 0) is 18.9 Å². The Hall–Kier alpha value is -0.480. The van der Waals surface area contributed by atoms with Crippen LogP contribution >= 0.6 is 0 Å². The summed E-state index contributed by atoms with van der Waals surface area (Å²) in [6, 6.07) is 0. The second kappa shape index (κ2) is 17.4. The van der Waals surface area contributed by atoms with Crippen molar-refractivity contribution in [3.63, 3.8) is 0 Å². The highest BCUT2D eigenvalue weighted by Crippen LogP contribution is 2.39. The first kappa shape index (κ1) is 33.7. The monoisotopic (exact) mass is 554 g/mol. The minimum Gasteiger partial charge on any atom is -0.394 e. The number of aliphatic hydroxyl groups excluding tert-OH is 7. The molecular formula is C26H50O12. The maximum atomic E-state index is 11.3. The normalized spacial score (nSPS) is 38.0. The van der Waals surface area contributed by atoms with Crippen molar-refractivity contribution in [2.24, 2.45) is 0 Å². The topological polar surface area (TPSA) is 199 Å². The summed E-state index contributed by atoms with van der Waals surface area (Å²) in [6.45, 7) is 1.39.